The third-order valence-electron chi connectivity index (χ3n) is 4.24. The summed E-state index contributed by atoms with van der Waals surface area (Å²) in [5, 5.41) is 5.67. The summed E-state index contributed by atoms with van der Waals surface area (Å²) in [6, 6.07) is 11.9. The van der Waals surface area contributed by atoms with E-state index in [0.717, 1.165) is 0 Å². The number of halogens is 1. The van der Waals surface area contributed by atoms with Gasteiger partial charge in [-0.15, -0.1) is 0 Å². The Bertz CT molecular complexity index is 963. The monoisotopic (exact) mass is 381 g/mol. The average molecular weight is 381 g/mol. The predicted molar refractivity (Wildman–Crippen MR) is 105 cm³/mol. The van der Waals surface area contributed by atoms with Crippen LogP contribution in [0, 0.1) is 5.82 Å². The first-order valence-electron chi connectivity index (χ1n) is 8.80. The van der Waals surface area contributed by atoms with Gasteiger partial charge in [0.1, 0.15) is 11.5 Å². The van der Waals surface area contributed by atoms with Crippen LogP contribution in [-0.2, 0) is 14.4 Å². The number of imide groups is 1. The first-order chi connectivity index (χ1) is 13.3. The van der Waals surface area contributed by atoms with E-state index < -0.39 is 17.6 Å². The summed E-state index contributed by atoms with van der Waals surface area (Å²) in [6.07, 6.45) is 0. The molecular formula is C21H20FN3O3. The topological polar surface area (TPSA) is 78.5 Å². The van der Waals surface area contributed by atoms with Crippen LogP contribution in [-0.4, -0.2) is 28.7 Å². The van der Waals surface area contributed by atoms with Gasteiger partial charge in [-0.3, -0.25) is 19.3 Å². The number of anilines is 2. The molecule has 3 amide bonds. The third kappa shape index (κ3) is 3.78. The van der Waals surface area contributed by atoms with Gasteiger partial charge >= 0.3 is 0 Å². The Morgan fingerprint density at radius 3 is 2.04 bits per heavy atom. The second-order valence-electron chi connectivity index (χ2n) is 6.71. The minimum Gasteiger partial charge on any atom is -0.350 e. The molecule has 2 N–H and O–H groups in total. The van der Waals surface area contributed by atoms with Crippen molar-refractivity contribution in [3.8, 4) is 0 Å². The molecule has 1 heterocycles. The van der Waals surface area contributed by atoms with Crippen molar-refractivity contribution in [1.82, 2.24) is 4.90 Å². The van der Waals surface area contributed by atoms with Crippen molar-refractivity contribution >= 4 is 34.7 Å². The van der Waals surface area contributed by atoms with Crippen molar-refractivity contribution in [3.05, 3.63) is 65.6 Å². The number of amides is 3. The van der Waals surface area contributed by atoms with Crippen LogP contribution < -0.4 is 10.6 Å². The van der Waals surface area contributed by atoms with Crippen molar-refractivity contribution in [3.63, 3.8) is 0 Å². The summed E-state index contributed by atoms with van der Waals surface area (Å²) in [4.78, 5) is 38.1. The highest BCUT2D eigenvalue weighted by Gasteiger charge is 2.40. The molecule has 1 aliphatic rings. The van der Waals surface area contributed by atoms with Gasteiger partial charge in [0, 0.05) is 24.3 Å². The fraction of sp³-hybridized carbons (Fsp3) is 0.190. The van der Waals surface area contributed by atoms with Crippen LogP contribution in [0.25, 0.3) is 5.57 Å². The van der Waals surface area contributed by atoms with E-state index in [1.54, 1.807) is 38.1 Å². The molecule has 1 aliphatic heterocycles. The number of carbonyl (C=O) groups excluding carboxylic acids is 3. The van der Waals surface area contributed by atoms with Crippen molar-refractivity contribution in [1.29, 1.82) is 0 Å². The zero-order valence-electron chi connectivity index (χ0n) is 15.7. The minimum atomic E-state index is -0.440. The largest absolute Gasteiger partial charge is 0.350 e. The van der Waals surface area contributed by atoms with Crippen LogP contribution in [0.15, 0.2) is 54.2 Å². The number of nitrogens with zero attached hydrogens (tertiary/aromatic N) is 1. The summed E-state index contributed by atoms with van der Waals surface area (Å²) in [5.74, 6) is -1.48. The highest BCUT2D eigenvalue weighted by atomic mass is 19.1. The number of hydrogen-bond acceptors (Lipinski definition) is 4. The van der Waals surface area contributed by atoms with Crippen LogP contribution >= 0.6 is 0 Å². The van der Waals surface area contributed by atoms with E-state index >= 15 is 0 Å². The minimum absolute atomic E-state index is 0.137. The predicted octanol–water partition coefficient (Wildman–Crippen LogP) is 3.38. The molecule has 7 heteroatoms. The summed E-state index contributed by atoms with van der Waals surface area (Å²) >= 11 is 0. The van der Waals surface area contributed by atoms with Crippen molar-refractivity contribution < 1.29 is 18.8 Å². The maximum atomic E-state index is 13.3. The smallest absolute Gasteiger partial charge is 0.278 e. The number of benzene rings is 2. The lowest BCUT2D eigenvalue weighted by molar-refractivity contribution is -0.138. The molecule has 0 unspecified atom stereocenters. The fourth-order valence-electron chi connectivity index (χ4n) is 3.00. The molecule has 0 aliphatic carbocycles. The molecule has 2 aromatic rings. The standard InChI is InChI=1S/C21H20FN3O3/c1-12(2)25-20(27)18(14-4-6-15(22)7-5-14)19(21(25)28)24-17-10-8-16(9-11-17)23-13(3)26/h4-12,24H,1-3H3,(H,23,26). The summed E-state index contributed by atoms with van der Waals surface area (Å²) in [5.41, 5.74) is 1.99. The molecule has 6 nitrogen and oxygen atoms in total. The summed E-state index contributed by atoms with van der Waals surface area (Å²) < 4.78 is 13.3. The first-order valence-corrected chi connectivity index (χ1v) is 8.80. The van der Waals surface area contributed by atoms with Gasteiger partial charge in [-0.2, -0.15) is 0 Å². The molecular weight excluding hydrogens is 361 g/mol. The lowest BCUT2D eigenvalue weighted by Crippen LogP contribution is -2.38. The van der Waals surface area contributed by atoms with Crippen molar-refractivity contribution in [2.45, 2.75) is 26.8 Å². The maximum absolute atomic E-state index is 13.3. The van der Waals surface area contributed by atoms with E-state index in [0.29, 0.717) is 16.9 Å². The van der Waals surface area contributed by atoms with Crippen LogP contribution in [0.5, 0.6) is 0 Å². The van der Waals surface area contributed by atoms with Gasteiger partial charge in [0.25, 0.3) is 11.8 Å². The van der Waals surface area contributed by atoms with Crippen molar-refractivity contribution in [2.24, 2.45) is 0 Å². The molecule has 0 saturated carbocycles. The van der Waals surface area contributed by atoms with Crippen molar-refractivity contribution in [2.75, 3.05) is 10.6 Å². The number of hydrogen-bond donors (Lipinski definition) is 2. The molecule has 2 aromatic carbocycles. The van der Waals surface area contributed by atoms with E-state index in [4.69, 9.17) is 0 Å². The average Bonchev–Trinajstić information content (AvgIpc) is 2.87. The molecule has 0 radical (unpaired) electrons. The number of rotatable bonds is 5. The van der Waals surface area contributed by atoms with E-state index in [9.17, 15) is 18.8 Å². The molecule has 0 bridgehead atoms. The van der Waals surface area contributed by atoms with Gasteiger partial charge < -0.3 is 10.6 Å². The van der Waals surface area contributed by atoms with E-state index in [-0.39, 0.29) is 23.2 Å². The van der Waals surface area contributed by atoms with Crippen LogP contribution in [0.1, 0.15) is 26.3 Å². The van der Waals surface area contributed by atoms with Gasteiger partial charge in [-0.1, -0.05) is 12.1 Å². The summed E-state index contributed by atoms with van der Waals surface area (Å²) in [6.45, 7) is 4.92. The molecule has 0 aromatic heterocycles. The van der Waals surface area contributed by atoms with Crippen LogP contribution in [0.4, 0.5) is 15.8 Å². The van der Waals surface area contributed by atoms with Gasteiger partial charge in [-0.25, -0.2) is 4.39 Å². The van der Waals surface area contributed by atoms with Gasteiger partial charge in [-0.05, 0) is 55.8 Å². The number of nitrogens with one attached hydrogen (secondary N) is 2. The van der Waals surface area contributed by atoms with Gasteiger partial charge in [0.05, 0.1) is 5.57 Å². The Balaban J connectivity index is 1.99. The lowest BCUT2D eigenvalue weighted by atomic mass is 10.0. The highest BCUT2D eigenvalue weighted by molar-refractivity contribution is 6.36. The van der Waals surface area contributed by atoms with Crippen LogP contribution in [0.3, 0.4) is 0 Å². The van der Waals surface area contributed by atoms with E-state index in [2.05, 4.69) is 10.6 Å². The molecule has 0 spiro atoms. The zero-order chi connectivity index (χ0) is 20.4. The second kappa shape index (κ2) is 7.64. The maximum Gasteiger partial charge on any atom is 0.278 e. The Morgan fingerprint density at radius 2 is 1.50 bits per heavy atom. The lowest BCUT2D eigenvalue weighted by Gasteiger charge is -2.19. The fourth-order valence-corrected chi connectivity index (χ4v) is 3.00. The molecule has 3 rings (SSSR count). The first kappa shape index (κ1) is 19.3. The highest BCUT2D eigenvalue weighted by Crippen LogP contribution is 2.32. The SMILES string of the molecule is CC(=O)Nc1ccc(NC2=C(c3ccc(F)cc3)C(=O)N(C(C)C)C2=O)cc1. The molecule has 0 atom stereocenters. The molecule has 28 heavy (non-hydrogen) atoms. The quantitative estimate of drug-likeness (QED) is 0.779. The number of carbonyl (C=O) groups is 3. The second-order valence-corrected chi connectivity index (χ2v) is 6.71. The Labute approximate surface area is 162 Å². The summed E-state index contributed by atoms with van der Waals surface area (Å²) in [7, 11) is 0. The van der Waals surface area contributed by atoms with Crippen LogP contribution in [0.2, 0.25) is 0 Å². The normalized spacial score (nSPS) is 14.1. The van der Waals surface area contributed by atoms with Gasteiger partial charge in [0.15, 0.2) is 0 Å². The zero-order valence-corrected chi connectivity index (χ0v) is 15.7. The molecule has 0 fully saturated rings. The Kier molecular flexibility index (Phi) is 5.26. The Morgan fingerprint density at radius 1 is 0.929 bits per heavy atom. The van der Waals surface area contributed by atoms with Gasteiger partial charge in [0.2, 0.25) is 5.91 Å². The molecule has 144 valence electrons. The van der Waals surface area contributed by atoms with E-state index in [1.165, 1.54) is 36.1 Å². The third-order valence-corrected chi connectivity index (χ3v) is 4.24. The molecule has 0 saturated heterocycles. The Hall–Kier alpha value is -3.48. The van der Waals surface area contributed by atoms with E-state index in [1.807, 2.05) is 0 Å².